The quantitative estimate of drug-likeness (QED) is 0.469. The molecule has 0 atom stereocenters. The largest absolute Gasteiger partial charge is 0.339 e. The van der Waals surface area contributed by atoms with E-state index in [2.05, 4.69) is 0 Å². The lowest BCUT2D eigenvalue weighted by Gasteiger charge is -2.15. The number of hydrogen-bond acceptors (Lipinski definition) is 4. The zero-order chi connectivity index (χ0) is 15.4. The molecule has 1 heterocycles. The number of ketones is 3. The zero-order valence-electron chi connectivity index (χ0n) is 11.9. The van der Waals surface area contributed by atoms with Crippen molar-refractivity contribution in [2.45, 2.75) is 26.2 Å². The second-order valence-electron chi connectivity index (χ2n) is 5.16. The van der Waals surface area contributed by atoms with Crippen molar-refractivity contribution in [2.75, 3.05) is 13.1 Å². The molecule has 1 fully saturated rings. The van der Waals surface area contributed by atoms with Gasteiger partial charge in [0.05, 0.1) is 6.42 Å². The number of amides is 1. The van der Waals surface area contributed by atoms with E-state index in [1.54, 1.807) is 17.0 Å². The minimum Gasteiger partial charge on any atom is -0.339 e. The number of hydrogen-bond donors (Lipinski definition) is 0. The van der Waals surface area contributed by atoms with Crippen LogP contribution in [0.15, 0.2) is 24.3 Å². The fourth-order valence-electron chi connectivity index (χ4n) is 2.27. The van der Waals surface area contributed by atoms with Crippen LogP contribution >= 0.6 is 0 Å². The Kier molecular flexibility index (Phi) is 4.62. The third kappa shape index (κ3) is 3.62. The number of carbonyl (C=O) groups is 4. The summed E-state index contributed by atoms with van der Waals surface area (Å²) < 4.78 is 0. The Morgan fingerprint density at radius 2 is 1.48 bits per heavy atom. The minimum absolute atomic E-state index is 0.0358. The lowest BCUT2D eigenvalue weighted by molar-refractivity contribution is -0.134. The maximum absolute atomic E-state index is 12.1. The highest BCUT2D eigenvalue weighted by Gasteiger charge is 2.20. The molecular formula is C16H17NO4. The molecule has 0 unspecified atom stereocenters. The van der Waals surface area contributed by atoms with Gasteiger partial charge in [-0.15, -0.1) is 0 Å². The summed E-state index contributed by atoms with van der Waals surface area (Å²) in [6.07, 6.45) is 1.62. The lowest BCUT2D eigenvalue weighted by Crippen LogP contribution is -2.27. The fraction of sp³-hybridized carbons (Fsp3) is 0.375. The van der Waals surface area contributed by atoms with Gasteiger partial charge in [0, 0.05) is 31.1 Å². The topological polar surface area (TPSA) is 71.5 Å². The Morgan fingerprint density at radius 1 is 0.952 bits per heavy atom. The summed E-state index contributed by atoms with van der Waals surface area (Å²) in [4.78, 5) is 47.8. The highest BCUT2D eigenvalue weighted by atomic mass is 16.2. The van der Waals surface area contributed by atoms with Crippen LogP contribution < -0.4 is 0 Å². The summed E-state index contributed by atoms with van der Waals surface area (Å²) in [7, 11) is 0. The molecule has 1 saturated heterocycles. The van der Waals surface area contributed by atoms with Crippen LogP contribution in [0.25, 0.3) is 0 Å². The molecule has 0 aliphatic carbocycles. The van der Waals surface area contributed by atoms with Gasteiger partial charge in [-0.25, -0.2) is 0 Å². The van der Waals surface area contributed by atoms with Crippen LogP contribution in [-0.4, -0.2) is 41.2 Å². The first-order valence-corrected chi connectivity index (χ1v) is 6.95. The van der Waals surface area contributed by atoms with Crippen LogP contribution in [0.5, 0.6) is 0 Å². The molecule has 1 aromatic carbocycles. The number of rotatable bonds is 5. The van der Waals surface area contributed by atoms with Gasteiger partial charge in [-0.3, -0.25) is 19.2 Å². The number of carbonyl (C=O) groups excluding carboxylic acids is 4. The molecule has 1 amide bonds. The summed E-state index contributed by atoms with van der Waals surface area (Å²) >= 11 is 0. The van der Waals surface area contributed by atoms with Gasteiger partial charge in [0.1, 0.15) is 0 Å². The van der Waals surface area contributed by atoms with Crippen LogP contribution in [0.3, 0.4) is 0 Å². The molecule has 0 N–H and O–H groups in total. The van der Waals surface area contributed by atoms with Gasteiger partial charge < -0.3 is 4.90 Å². The maximum Gasteiger partial charge on any atom is 0.253 e. The molecular weight excluding hydrogens is 270 g/mol. The monoisotopic (exact) mass is 287 g/mol. The average Bonchev–Trinajstić information content (AvgIpc) is 3.00. The SMILES string of the molecule is CC(=O)C(=O)CC(=O)c1ccc(C(=O)N2CCCC2)cc1. The Hall–Kier alpha value is -2.30. The van der Waals surface area contributed by atoms with E-state index in [1.165, 1.54) is 12.1 Å². The van der Waals surface area contributed by atoms with Crippen LogP contribution in [0, 0.1) is 0 Å². The third-order valence-electron chi connectivity index (χ3n) is 3.56. The van der Waals surface area contributed by atoms with E-state index in [4.69, 9.17) is 0 Å². The standard InChI is InChI=1S/C16H17NO4/c1-11(18)14(19)10-15(20)12-4-6-13(7-5-12)16(21)17-8-2-3-9-17/h4-7H,2-3,8-10H2,1H3. The van der Waals surface area contributed by atoms with Crippen LogP contribution in [-0.2, 0) is 9.59 Å². The Labute approximate surface area is 122 Å². The van der Waals surface area contributed by atoms with Crippen molar-refractivity contribution < 1.29 is 19.2 Å². The molecule has 0 bridgehead atoms. The molecule has 1 aliphatic rings. The normalized spacial score (nSPS) is 14.0. The highest BCUT2D eigenvalue weighted by molar-refractivity contribution is 6.40. The zero-order valence-corrected chi connectivity index (χ0v) is 11.9. The number of benzene rings is 1. The second-order valence-corrected chi connectivity index (χ2v) is 5.16. The van der Waals surface area contributed by atoms with Gasteiger partial charge in [-0.05, 0) is 25.0 Å². The van der Waals surface area contributed by atoms with Crippen molar-refractivity contribution in [3.63, 3.8) is 0 Å². The number of Topliss-reactive ketones (excluding diaryl/α,β-unsaturated/α-hetero) is 3. The Morgan fingerprint density at radius 3 is 2.00 bits per heavy atom. The van der Waals surface area contributed by atoms with E-state index in [0.717, 1.165) is 32.9 Å². The van der Waals surface area contributed by atoms with Crippen molar-refractivity contribution in [1.82, 2.24) is 4.90 Å². The van der Waals surface area contributed by atoms with Gasteiger partial charge in [-0.1, -0.05) is 12.1 Å². The fourth-order valence-corrected chi connectivity index (χ4v) is 2.27. The molecule has 1 aliphatic heterocycles. The molecule has 0 spiro atoms. The van der Waals surface area contributed by atoms with Crippen molar-refractivity contribution >= 4 is 23.3 Å². The molecule has 5 nitrogen and oxygen atoms in total. The summed E-state index contributed by atoms with van der Waals surface area (Å²) in [6.45, 7) is 2.69. The molecule has 0 saturated carbocycles. The molecule has 2 rings (SSSR count). The predicted octanol–water partition coefficient (Wildman–Crippen LogP) is 1.65. The first-order valence-electron chi connectivity index (χ1n) is 6.95. The summed E-state index contributed by atoms with van der Waals surface area (Å²) in [5.41, 5.74) is 0.869. The maximum atomic E-state index is 12.1. The number of likely N-dealkylation sites (tertiary alicyclic amines) is 1. The predicted molar refractivity (Wildman–Crippen MR) is 76.2 cm³/mol. The van der Waals surface area contributed by atoms with E-state index in [0.29, 0.717) is 11.1 Å². The average molecular weight is 287 g/mol. The van der Waals surface area contributed by atoms with Gasteiger partial charge in [0.15, 0.2) is 11.6 Å². The summed E-state index contributed by atoms with van der Waals surface area (Å²) in [6, 6.07) is 6.23. The van der Waals surface area contributed by atoms with E-state index < -0.39 is 23.8 Å². The highest BCUT2D eigenvalue weighted by Crippen LogP contribution is 2.14. The number of nitrogens with zero attached hydrogens (tertiary/aromatic N) is 1. The summed E-state index contributed by atoms with van der Waals surface area (Å²) in [5.74, 6) is -1.76. The first kappa shape index (κ1) is 15.1. The second kappa shape index (κ2) is 6.43. The van der Waals surface area contributed by atoms with E-state index >= 15 is 0 Å². The van der Waals surface area contributed by atoms with Crippen LogP contribution in [0.1, 0.15) is 46.9 Å². The van der Waals surface area contributed by atoms with Gasteiger partial charge >= 0.3 is 0 Å². The third-order valence-corrected chi connectivity index (χ3v) is 3.56. The molecule has 21 heavy (non-hydrogen) atoms. The van der Waals surface area contributed by atoms with Crippen LogP contribution in [0.2, 0.25) is 0 Å². The van der Waals surface area contributed by atoms with Gasteiger partial charge in [-0.2, -0.15) is 0 Å². The smallest absolute Gasteiger partial charge is 0.253 e. The first-order chi connectivity index (χ1) is 9.99. The van der Waals surface area contributed by atoms with E-state index in [9.17, 15) is 19.2 Å². The van der Waals surface area contributed by atoms with Crippen molar-refractivity contribution in [3.05, 3.63) is 35.4 Å². The van der Waals surface area contributed by atoms with Crippen molar-refractivity contribution in [1.29, 1.82) is 0 Å². The van der Waals surface area contributed by atoms with E-state index in [-0.39, 0.29) is 5.91 Å². The molecule has 1 aromatic rings. The lowest BCUT2D eigenvalue weighted by atomic mass is 10.0. The van der Waals surface area contributed by atoms with E-state index in [1.807, 2.05) is 0 Å². The molecule has 0 aromatic heterocycles. The van der Waals surface area contributed by atoms with Crippen molar-refractivity contribution in [2.24, 2.45) is 0 Å². The minimum atomic E-state index is -0.697. The van der Waals surface area contributed by atoms with Crippen LogP contribution in [0.4, 0.5) is 0 Å². The Bertz CT molecular complexity index is 583. The molecule has 5 heteroatoms. The molecule has 0 radical (unpaired) electrons. The Balaban J connectivity index is 2.04. The van der Waals surface area contributed by atoms with Gasteiger partial charge in [0.2, 0.25) is 5.78 Å². The van der Waals surface area contributed by atoms with Crippen molar-refractivity contribution in [3.8, 4) is 0 Å². The summed E-state index contributed by atoms with van der Waals surface area (Å²) in [5, 5.41) is 0. The van der Waals surface area contributed by atoms with Gasteiger partial charge in [0.25, 0.3) is 5.91 Å². The molecule has 110 valence electrons.